The van der Waals surface area contributed by atoms with Crippen molar-refractivity contribution in [2.24, 2.45) is 5.73 Å². The van der Waals surface area contributed by atoms with Gasteiger partial charge in [0.25, 0.3) is 5.91 Å². The zero-order valence-electron chi connectivity index (χ0n) is 11.3. The first-order valence-corrected chi connectivity index (χ1v) is 6.43. The summed E-state index contributed by atoms with van der Waals surface area (Å²) < 4.78 is 0. The lowest BCUT2D eigenvalue weighted by Gasteiger charge is -2.14. The van der Waals surface area contributed by atoms with Gasteiger partial charge >= 0.3 is 0 Å². The second-order valence-corrected chi connectivity index (χ2v) is 4.39. The van der Waals surface area contributed by atoms with Gasteiger partial charge in [-0.2, -0.15) is 0 Å². The summed E-state index contributed by atoms with van der Waals surface area (Å²) in [5.41, 5.74) is 7.33. The number of nitrogens with two attached hydrogens (primary N) is 1. The van der Waals surface area contributed by atoms with Gasteiger partial charge in [0.2, 0.25) is 0 Å². The van der Waals surface area contributed by atoms with Crippen LogP contribution in [-0.2, 0) is 6.42 Å². The highest BCUT2D eigenvalue weighted by Gasteiger charge is 2.05. The van der Waals surface area contributed by atoms with Gasteiger partial charge in [-0.3, -0.25) is 4.79 Å². The fourth-order valence-corrected chi connectivity index (χ4v) is 1.66. The molecule has 4 nitrogen and oxygen atoms in total. The fraction of sp³-hybridized carbons (Fsp3) is 0.500. The number of nitrogens with zero attached hydrogens (tertiary/aromatic N) is 1. The van der Waals surface area contributed by atoms with Crippen molar-refractivity contribution in [2.45, 2.75) is 13.3 Å². The van der Waals surface area contributed by atoms with Crippen LogP contribution in [0.25, 0.3) is 0 Å². The molecule has 0 saturated heterocycles. The average Bonchev–Trinajstić information content (AvgIpc) is 2.39. The third-order valence-electron chi connectivity index (χ3n) is 2.94. The first-order valence-electron chi connectivity index (χ1n) is 6.43. The van der Waals surface area contributed by atoms with Gasteiger partial charge in [0.15, 0.2) is 0 Å². The van der Waals surface area contributed by atoms with E-state index in [1.165, 1.54) is 0 Å². The van der Waals surface area contributed by atoms with Crippen LogP contribution in [0.3, 0.4) is 0 Å². The molecule has 0 saturated carbocycles. The Morgan fingerprint density at radius 3 is 2.89 bits per heavy atom. The average molecular weight is 249 g/mol. The van der Waals surface area contributed by atoms with Crippen LogP contribution in [0.5, 0.6) is 0 Å². The van der Waals surface area contributed by atoms with Crippen molar-refractivity contribution in [2.75, 3.05) is 33.2 Å². The summed E-state index contributed by atoms with van der Waals surface area (Å²) in [6.07, 6.45) is 0.805. The summed E-state index contributed by atoms with van der Waals surface area (Å²) in [5, 5.41) is 2.92. The van der Waals surface area contributed by atoms with E-state index >= 15 is 0 Å². The van der Waals surface area contributed by atoms with Gasteiger partial charge in [-0.1, -0.05) is 19.1 Å². The number of benzene rings is 1. The molecule has 0 atom stereocenters. The van der Waals surface area contributed by atoms with E-state index in [-0.39, 0.29) is 5.91 Å². The quantitative estimate of drug-likeness (QED) is 0.754. The summed E-state index contributed by atoms with van der Waals surface area (Å²) in [7, 11) is 2.04. The molecule has 0 aliphatic heterocycles. The Labute approximate surface area is 109 Å². The van der Waals surface area contributed by atoms with Crippen molar-refractivity contribution in [1.29, 1.82) is 0 Å². The van der Waals surface area contributed by atoms with Crippen LogP contribution in [0.15, 0.2) is 24.3 Å². The number of nitrogens with one attached hydrogen (secondary N) is 1. The number of carbonyl (C=O) groups is 1. The maximum atomic E-state index is 11.9. The molecule has 1 rings (SSSR count). The molecule has 0 unspecified atom stereocenters. The minimum absolute atomic E-state index is 0.0154. The van der Waals surface area contributed by atoms with E-state index in [2.05, 4.69) is 17.1 Å². The standard InChI is InChI=1S/C14H23N3O/c1-3-17(2)10-9-16-14(18)13-6-4-5-12(11-13)7-8-15/h4-6,11H,3,7-10,15H2,1-2H3,(H,16,18). The summed E-state index contributed by atoms with van der Waals surface area (Å²) in [6, 6.07) is 7.64. The fourth-order valence-electron chi connectivity index (χ4n) is 1.66. The largest absolute Gasteiger partial charge is 0.351 e. The normalized spacial score (nSPS) is 10.7. The minimum Gasteiger partial charge on any atom is -0.351 e. The van der Waals surface area contributed by atoms with Crippen LogP contribution < -0.4 is 11.1 Å². The van der Waals surface area contributed by atoms with Gasteiger partial charge in [0, 0.05) is 18.7 Å². The SMILES string of the molecule is CCN(C)CCNC(=O)c1cccc(CCN)c1. The zero-order valence-corrected chi connectivity index (χ0v) is 11.3. The molecule has 0 bridgehead atoms. The highest BCUT2D eigenvalue weighted by atomic mass is 16.1. The van der Waals surface area contributed by atoms with Crippen LogP contribution in [0.4, 0.5) is 0 Å². The number of rotatable bonds is 7. The smallest absolute Gasteiger partial charge is 0.251 e. The van der Waals surface area contributed by atoms with Gasteiger partial charge in [0.1, 0.15) is 0 Å². The molecular formula is C14H23N3O. The molecule has 1 amide bonds. The topological polar surface area (TPSA) is 58.4 Å². The first kappa shape index (κ1) is 14.7. The van der Waals surface area contributed by atoms with Crippen molar-refractivity contribution in [1.82, 2.24) is 10.2 Å². The molecule has 1 aromatic carbocycles. The van der Waals surface area contributed by atoms with Gasteiger partial charge in [-0.05, 0) is 44.3 Å². The molecule has 4 heteroatoms. The van der Waals surface area contributed by atoms with E-state index in [4.69, 9.17) is 5.73 Å². The van der Waals surface area contributed by atoms with Crippen LogP contribution in [0.1, 0.15) is 22.8 Å². The van der Waals surface area contributed by atoms with E-state index in [1.807, 2.05) is 31.3 Å². The molecule has 0 aliphatic carbocycles. The van der Waals surface area contributed by atoms with E-state index in [0.717, 1.165) is 25.1 Å². The summed E-state index contributed by atoms with van der Waals surface area (Å²) in [4.78, 5) is 14.1. The summed E-state index contributed by atoms with van der Waals surface area (Å²) in [6.45, 7) is 5.22. The Morgan fingerprint density at radius 1 is 1.44 bits per heavy atom. The number of carbonyl (C=O) groups excluding carboxylic acids is 1. The molecular weight excluding hydrogens is 226 g/mol. The van der Waals surface area contributed by atoms with E-state index < -0.39 is 0 Å². The number of hydrogen-bond donors (Lipinski definition) is 2. The minimum atomic E-state index is -0.0154. The second-order valence-electron chi connectivity index (χ2n) is 4.39. The molecule has 0 fully saturated rings. The first-order chi connectivity index (χ1) is 8.67. The van der Waals surface area contributed by atoms with E-state index in [0.29, 0.717) is 18.7 Å². The summed E-state index contributed by atoms with van der Waals surface area (Å²) in [5.74, 6) is -0.0154. The van der Waals surface area contributed by atoms with Gasteiger partial charge < -0.3 is 16.0 Å². The van der Waals surface area contributed by atoms with Gasteiger partial charge in [-0.25, -0.2) is 0 Å². The molecule has 3 N–H and O–H groups in total. The highest BCUT2D eigenvalue weighted by Crippen LogP contribution is 2.05. The van der Waals surface area contributed by atoms with Crippen molar-refractivity contribution < 1.29 is 4.79 Å². The molecule has 1 aromatic rings. The van der Waals surface area contributed by atoms with Crippen molar-refractivity contribution >= 4 is 5.91 Å². The third kappa shape index (κ3) is 4.85. The molecule has 18 heavy (non-hydrogen) atoms. The van der Waals surface area contributed by atoms with Gasteiger partial charge in [0.05, 0.1) is 0 Å². The lowest BCUT2D eigenvalue weighted by molar-refractivity contribution is 0.0950. The predicted molar refractivity (Wildman–Crippen MR) is 74.7 cm³/mol. The van der Waals surface area contributed by atoms with Crippen LogP contribution in [0.2, 0.25) is 0 Å². The number of likely N-dealkylation sites (N-methyl/N-ethyl adjacent to an activating group) is 1. The molecule has 100 valence electrons. The van der Waals surface area contributed by atoms with Crippen molar-refractivity contribution in [3.05, 3.63) is 35.4 Å². The van der Waals surface area contributed by atoms with Crippen molar-refractivity contribution in [3.8, 4) is 0 Å². The molecule has 0 radical (unpaired) electrons. The predicted octanol–water partition coefficient (Wildman–Crippen LogP) is 0.869. The lowest BCUT2D eigenvalue weighted by Crippen LogP contribution is -2.32. The second kappa shape index (κ2) is 7.84. The maximum absolute atomic E-state index is 11.9. The van der Waals surface area contributed by atoms with Crippen LogP contribution >= 0.6 is 0 Å². The Morgan fingerprint density at radius 2 is 2.22 bits per heavy atom. The Balaban J connectivity index is 2.48. The number of amides is 1. The number of hydrogen-bond acceptors (Lipinski definition) is 3. The summed E-state index contributed by atoms with van der Waals surface area (Å²) >= 11 is 0. The van der Waals surface area contributed by atoms with Gasteiger partial charge in [-0.15, -0.1) is 0 Å². The molecule has 0 spiro atoms. The molecule has 0 aliphatic rings. The Hall–Kier alpha value is -1.39. The maximum Gasteiger partial charge on any atom is 0.251 e. The van der Waals surface area contributed by atoms with Crippen LogP contribution in [0, 0.1) is 0 Å². The van der Waals surface area contributed by atoms with E-state index in [9.17, 15) is 4.79 Å². The monoisotopic (exact) mass is 249 g/mol. The lowest BCUT2D eigenvalue weighted by atomic mass is 10.1. The van der Waals surface area contributed by atoms with E-state index in [1.54, 1.807) is 0 Å². The Kier molecular flexibility index (Phi) is 6.39. The zero-order chi connectivity index (χ0) is 13.4. The molecule has 0 heterocycles. The Bertz CT molecular complexity index is 379. The van der Waals surface area contributed by atoms with Crippen molar-refractivity contribution in [3.63, 3.8) is 0 Å². The van der Waals surface area contributed by atoms with Crippen LogP contribution in [-0.4, -0.2) is 44.0 Å². The molecule has 0 aromatic heterocycles. The third-order valence-corrected chi connectivity index (χ3v) is 2.94. The highest BCUT2D eigenvalue weighted by molar-refractivity contribution is 5.94.